The van der Waals surface area contributed by atoms with E-state index >= 15 is 0 Å². The van der Waals surface area contributed by atoms with Crippen molar-refractivity contribution in [3.63, 3.8) is 0 Å². The van der Waals surface area contributed by atoms with E-state index in [1.807, 2.05) is 30.3 Å². The monoisotopic (exact) mass is 429 g/mol. The Bertz CT molecular complexity index is 1130. The first-order chi connectivity index (χ1) is 14.4. The van der Waals surface area contributed by atoms with Crippen molar-refractivity contribution in [2.75, 3.05) is 11.5 Å². The number of hydrogen-bond acceptors (Lipinski definition) is 6. The number of amides is 1. The Morgan fingerprint density at radius 2 is 1.87 bits per heavy atom. The summed E-state index contributed by atoms with van der Waals surface area (Å²) < 4.78 is 37.0. The fourth-order valence-corrected chi connectivity index (χ4v) is 5.19. The van der Waals surface area contributed by atoms with Crippen LogP contribution in [0.15, 0.2) is 54.6 Å². The van der Waals surface area contributed by atoms with Gasteiger partial charge in [0.05, 0.1) is 11.5 Å². The van der Waals surface area contributed by atoms with Crippen LogP contribution in [0.1, 0.15) is 12.0 Å². The van der Waals surface area contributed by atoms with Crippen LogP contribution in [0.25, 0.3) is 11.4 Å². The molecule has 1 atom stereocenters. The summed E-state index contributed by atoms with van der Waals surface area (Å²) in [7, 11) is -3.15. The van der Waals surface area contributed by atoms with Gasteiger partial charge in [-0.05, 0) is 41.5 Å². The normalized spacial score (nSPS) is 17.7. The molecule has 8 nitrogen and oxygen atoms in total. The third kappa shape index (κ3) is 4.70. The standard InChI is InChI=1S/C20H20FN5O3S/c21-17-8-6-16(7-9-17)20-22-24-26(23-20)13-19(27)25(12-15-4-2-1-3-5-15)18-10-11-30(28,29)14-18/h1-9,18H,10-14H2/t18-/m0/s1. The molecule has 1 fully saturated rings. The Morgan fingerprint density at radius 1 is 1.13 bits per heavy atom. The lowest BCUT2D eigenvalue weighted by Gasteiger charge is -2.28. The number of rotatable bonds is 6. The first-order valence-electron chi connectivity index (χ1n) is 9.47. The fourth-order valence-electron chi connectivity index (χ4n) is 3.46. The molecule has 2 aromatic carbocycles. The molecule has 1 aliphatic rings. The van der Waals surface area contributed by atoms with Crippen molar-refractivity contribution < 1.29 is 17.6 Å². The summed E-state index contributed by atoms with van der Waals surface area (Å²) in [4.78, 5) is 15.8. The minimum Gasteiger partial charge on any atom is -0.333 e. The molecule has 2 heterocycles. The van der Waals surface area contributed by atoms with E-state index < -0.39 is 9.84 Å². The third-order valence-corrected chi connectivity index (χ3v) is 6.75. The molecule has 4 rings (SSSR count). The van der Waals surface area contributed by atoms with E-state index in [9.17, 15) is 17.6 Å². The van der Waals surface area contributed by atoms with Crippen molar-refractivity contribution in [1.82, 2.24) is 25.1 Å². The van der Waals surface area contributed by atoms with Gasteiger partial charge in [-0.1, -0.05) is 30.3 Å². The van der Waals surface area contributed by atoms with Gasteiger partial charge in [-0.2, -0.15) is 4.80 Å². The van der Waals surface area contributed by atoms with Crippen LogP contribution in [0.5, 0.6) is 0 Å². The number of carbonyl (C=O) groups excluding carboxylic acids is 1. The Hall–Kier alpha value is -3.14. The van der Waals surface area contributed by atoms with Crippen LogP contribution in [0, 0.1) is 5.82 Å². The maximum Gasteiger partial charge on any atom is 0.246 e. The molecule has 0 bridgehead atoms. The summed E-state index contributed by atoms with van der Waals surface area (Å²) in [6, 6.07) is 14.7. The second-order valence-corrected chi connectivity index (χ2v) is 9.44. The number of halogens is 1. The average molecular weight is 429 g/mol. The van der Waals surface area contributed by atoms with Gasteiger partial charge in [0.2, 0.25) is 11.7 Å². The number of tetrazole rings is 1. The molecule has 1 aromatic heterocycles. The Balaban J connectivity index is 1.52. The van der Waals surface area contributed by atoms with Gasteiger partial charge in [-0.3, -0.25) is 4.79 Å². The smallest absolute Gasteiger partial charge is 0.246 e. The molecule has 30 heavy (non-hydrogen) atoms. The second kappa shape index (κ2) is 8.31. The van der Waals surface area contributed by atoms with Gasteiger partial charge in [0.1, 0.15) is 12.4 Å². The fraction of sp³-hybridized carbons (Fsp3) is 0.300. The van der Waals surface area contributed by atoms with E-state index in [0.717, 1.165) is 5.56 Å². The Kier molecular flexibility index (Phi) is 5.58. The van der Waals surface area contributed by atoms with Crippen LogP contribution in [0.4, 0.5) is 4.39 Å². The van der Waals surface area contributed by atoms with Crippen LogP contribution in [0.3, 0.4) is 0 Å². The minimum absolute atomic E-state index is 0.0445. The second-order valence-electron chi connectivity index (χ2n) is 7.21. The predicted octanol–water partition coefficient (Wildman–Crippen LogP) is 1.70. The van der Waals surface area contributed by atoms with Gasteiger partial charge >= 0.3 is 0 Å². The molecule has 0 radical (unpaired) electrons. The van der Waals surface area contributed by atoms with Crippen molar-refractivity contribution in [3.8, 4) is 11.4 Å². The molecule has 0 spiro atoms. The van der Waals surface area contributed by atoms with Gasteiger partial charge in [0.15, 0.2) is 9.84 Å². The van der Waals surface area contributed by atoms with Crippen molar-refractivity contribution >= 4 is 15.7 Å². The highest BCUT2D eigenvalue weighted by atomic mass is 32.2. The molecule has 156 valence electrons. The molecule has 10 heteroatoms. The van der Waals surface area contributed by atoms with Crippen molar-refractivity contribution in [2.45, 2.75) is 25.6 Å². The highest BCUT2D eigenvalue weighted by Crippen LogP contribution is 2.21. The number of nitrogens with zero attached hydrogens (tertiary/aromatic N) is 5. The van der Waals surface area contributed by atoms with E-state index in [4.69, 9.17) is 0 Å². The number of carbonyl (C=O) groups is 1. The summed E-state index contributed by atoms with van der Waals surface area (Å²) in [5.74, 6) is -0.349. The molecule has 1 amide bonds. The molecule has 1 aliphatic heterocycles. The number of hydrogen-bond donors (Lipinski definition) is 0. The maximum atomic E-state index is 13.1. The minimum atomic E-state index is -3.15. The Labute approximate surface area is 173 Å². The first kappa shape index (κ1) is 20.1. The molecule has 0 saturated carbocycles. The van der Waals surface area contributed by atoms with Gasteiger partial charge in [0.25, 0.3) is 0 Å². The third-order valence-electron chi connectivity index (χ3n) is 5.00. The number of aromatic nitrogens is 4. The van der Waals surface area contributed by atoms with E-state index in [-0.39, 0.29) is 41.6 Å². The van der Waals surface area contributed by atoms with Crippen LogP contribution in [-0.2, 0) is 27.7 Å². The molecule has 3 aromatic rings. The number of sulfone groups is 1. The van der Waals surface area contributed by atoms with Gasteiger partial charge in [-0.15, -0.1) is 10.2 Å². The molecule has 0 unspecified atom stereocenters. The topological polar surface area (TPSA) is 98.1 Å². The molecule has 1 saturated heterocycles. The summed E-state index contributed by atoms with van der Waals surface area (Å²) in [5.41, 5.74) is 1.49. The highest BCUT2D eigenvalue weighted by molar-refractivity contribution is 7.91. The molecular formula is C20H20FN5O3S. The van der Waals surface area contributed by atoms with Gasteiger partial charge in [0, 0.05) is 18.2 Å². The van der Waals surface area contributed by atoms with E-state index in [2.05, 4.69) is 15.4 Å². The largest absolute Gasteiger partial charge is 0.333 e. The lowest BCUT2D eigenvalue weighted by atomic mass is 10.1. The summed E-state index contributed by atoms with van der Waals surface area (Å²) >= 11 is 0. The van der Waals surface area contributed by atoms with Crippen molar-refractivity contribution in [2.24, 2.45) is 0 Å². The lowest BCUT2D eigenvalue weighted by molar-refractivity contribution is -0.134. The van der Waals surface area contributed by atoms with Crippen LogP contribution >= 0.6 is 0 Å². The van der Waals surface area contributed by atoms with E-state index in [1.165, 1.54) is 29.1 Å². The average Bonchev–Trinajstić information content (AvgIpc) is 3.33. The zero-order valence-corrected chi connectivity index (χ0v) is 16.9. The number of benzene rings is 2. The predicted molar refractivity (Wildman–Crippen MR) is 107 cm³/mol. The van der Waals surface area contributed by atoms with E-state index in [0.29, 0.717) is 18.5 Å². The zero-order valence-electron chi connectivity index (χ0n) is 16.1. The van der Waals surface area contributed by atoms with Crippen LogP contribution in [-0.4, -0.2) is 57.0 Å². The van der Waals surface area contributed by atoms with Crippen LogP contribution < -0.4 is 0 Å². The molecule has 0 aliphatic carbocycles. The summed E-state index contributed by atoms with van der Waals surface area (Å²) in [5, 5.41) is 12.0. The Morgan fingerprint density at radius 3 is 2.53 bits per heavy atom. The molecule has 0 N–H and O–H groups in total. The van der Waals surface area contributed by atoms with Gasteiger partial charge in [-0.25, -0.2) is 12.8 Å². The van der Waals surface area contributed by atoms with Gasteiger partial charge < -0.3 is 4.90 Å². The zero-order chi connectivity index (χ0) is 21.1. The lowest BCUT2D eigenvalue weighted by Crippen LogP contribution is -2.42. The highest BCUT2D eigenvalue weighted by Gasteiger charge is 2.35. The van der Waals surface area contributed by atoms with E-state index in [1.54, 1.807) is 4.90 Å². The van der Waals surface area contributed by atoms with Crippen molar-refractivity contribution in [3.05, 3.63) is 66.0 Å². The van der Waals surface area contributed by atoms with Crippen molar-refractivity contribution in [1.29, 1.82) is 0 Å². The SMILES string of the molecule is O=C(Cn1nnc(-c2ccc(F)cc2)n1)N(Cc1ccccc1)[C@H]1CCS(=O)(=O)C1. The summed E-state index contributed by atoms with van der Waals surface area (Å²) in [6.07, 6.45) is 0.409. The van der Waals surface area contributed by atoms with Crippen LogP contribution in [0.2, 0.25) is 0 Å². The summed E-state index contributed by atoms with van der Waals surface area (Å²) in [6.45, 7) is 0.136. The quantitative estimate of drug-likeness (QED) is 0.592. The first-order valence-corrected chi connectivity index (χ1v) is 11.3. The maximum absolute atomic E-state index is 13.1. The molecular weight excluding hydrogens is 409 g/mol.